The molecule has 1 aliphatic carbocycles. The number of methoxy groups -OCH3 is 1. The first-order chi connectivity index (χ1) is 8.13. The predicted octanol–water partition coefficient (Wildman–Crippen LogP) is 1.44. The van der Waals surface area contributed by atoms with Gasteiger partial charge in [0.2, 0.25) is 0 Å². The minimum Gasteiger partial charge on any atom is -0.496 e. The van der Waals surface area contributed by atoms with Crippen LogP contribution >= 0.6 is 0 Å². The average Bonchev–Trinajstić information content (AvgIpc) is 3.03. The number of benzene rings is 1. The van der Waals surface area contributed by atoms with E-state index in [1.165, 1.54) is 0 Å². The van der Waals surface area contributed by atoms with Crippen molar-refractivity contribution >= 4 is 5.97 Å². The lowest BCUT2D eigenvalue weighted by Crippen LogP contribution is -2.36. The Morgan fingerprint density at radius 3 is 2.88 bits per heavy atom. The Bertz CT molecular complexity index is 432. The highest BCUT2D eigenvalue weighted by Gasteiger charge is 2.59. The van der Waals surface area contributed by atoms with Crippen LogP contribution in [-0.2, 0) is 9.53 Å². The van der Waals surface area contributed by atoms with Crippen LogP contribution in [0.3, 0.4) is 0 Å². The molecule has 4 nitrogen and oxygen atoms in total. The Hall–Kier alpha value is -1.55. The Balaban J connectivity index is 2.19. The average molecular weight is 235 g/mol. The summed E-state index contributed by atoms with van der Waals surface area (Å²) in [7, 11) is 1.61. The van der Waals surface area contributed by atoms with Gasteiger partial charge in [-0.15, -0.1) is 0 Å². The Labute approximate surface area is 101 Å². The summed E-state index contributed by atoms with van der Waals surface area (Å²) in [6.07, 6.45) is 0.617. The molecule has 0 aliphatic heterocycles. The van der Waals surface area contributed by atoms with Gasteiger partial charge in [0.1, 0.15) is 11.3 Å². The zero-order valence-corrected chi connectivity index (χ0v) is 10.1. The van der Waals surface area contributed by atoms with E-state index in [2.05, 4.69) is 0 Å². The third-order valence-electron chi connectivity index (χ3n) is 3.17. The van der Waals surface area contributed by atoms with Crippen molar-refractivity contribution in [3.05, 3.63) is 29.8 Å². The highest BCUT2D eigenvalue weighted by Crippen LogP contribution is 2.52. The number of carbonyl (C=O) groups excluding carboxylic acids is 1. The van der Waals surface area contributed by atoms with E-state index < -0.39 is 5.54 Å². The van der Waals surface area contributed by atoms with E-state index in [1.54, 1.807) is 14.0 Å². The molecule has 0 radical (unpaired) electrons. The van der Waals surface area contributed by atoms with Crippen LogP contribution in [-0.4, -0.2) is 25.2 Å². The van der Waals surface area contributed by atoms with Crippen molar-refractivity contribution in [2.45, 2.75) is 24.8 Å². The number of ether oxygens (including phenoxy) is 2. The molecule has 1 aromatic carbocycles. The highest BCUT2D eigenvalue weighted by molar-refractivity contribution is 5.87. The molecule has 2 rings (SSSR count). The fourth-order valence-electron chi connectivity index (χ4n) is 2.11. The third kappa shape index (κ3) is 2.00. The van der Waals surface area contributed by atoms with Crippen molar-refractivity contribution < 1.29 is 14.3 Å². The normalized spacial score (nSPS) is 26.4. The van der Waals surface area contributed by atoms with Gasteiger partial charge < -0.3 is 15.2 Å². The van der Waals surface area contributed by atoms with Gasteiger partial charge in [-0.3, -0.25) is 4.79 Å². The van der Waals surface area contributed by atoms with Crippen LogP contribution in [0.4, 0.5) is 0 Å². The van der Waals surface area contributed by atoms with Crippen LogP contribution in [0.25, 0.3) is 0 Å². The molecule has 92 valence electrons. The second-order valence-corrected chi connectivity index (χ2v) is 4.26. The number of para-hydroxylation sites is 1. The number of hydrogen-bond acceptors (Lipinski definition) is 4. The summed E-state index contributed by atoms with van der Waals surface area (Å²) in [4.78, 5) is 11.7. The maximum absolute atomic E-state index is 11.7. The molecule has 1 aliphatic rings. The van der Waals surface area contributed by atoms with Crippen molar-refractivity contribution in [2.75, 3.05) is 13.7 Å². The van der Waals surface area contributed by atoms with Crippen LogP contribution in [0.5, 0.6) is 5.75 Å². The third-order valence-corrected chi connectivity index (χ3v) is 3.17. The van der Waals surface area contributed by atoms with E-state index in [0.29, 0.717) is 13.0 Å². The van der Waals surface area contributed by atoms with Gasteiger partial charge in [-0.2, -0.15) is 0 Å². The summed E-state index contributed by atoms with van der Waals surface area (Å²) < 4.78 is 10.3. The largest absolute Gasteiger partial charge is 0.496 e. The zero-order chi connectivity index (χ0) is 12.5. The molecule has 1 saturated carbocycles. The van der Waals surface area contributed by atoms with Crippen molar-refractivity contribution in [1.29, 1.82) is 0 Å². The molecule has 4 heteroatoms. The first-order valence-corrected chi connectivity index (χ1v) is 5.72. The quantitative estimate of drug-likeness (QED) is 0.802. The molecule has 2 atom stereocenters. The van der Waals surface area contributed by atoms with Gasteiger partial charge in [0.25, 0.3) is 0 Å². The van der Waals surface area contributed by atoms with E-state index in [0.717, 1.165) is 11.3 Å². The Morgan fingerprint density at radius 2 is 2.24 bits per heavy atom. The second-order valence-electron chi connectivity index (χ2n) is 4.26. The molecule has 2 unspecified atom stereocenters. The first-order valence-electron chi connectivity index (χ1n) is 5.72. The van der Waals surface area contributed by atoms with Crippen molar-refractivity contribution in [3.63, 3.8) is 0 Å². The van der Waals surface area contributed by atoms with Crippen LogP contribution in [0.1, 0.15) is 24.8 Å². The summed E-state index contributed by atoms with van der Waals surface area (Å²) in [5.41, 5.74) is 6.15. The molecule has 0 heterocycles. The number of hydrogen-bond donors (Lipinski definition) is 1. The van der Waals surface area contributed by atoms with Crippen LogP contribution in [0.15, 0.2) is 24.3 Å². The maximum atomic E-state index is 11.7. The van der Waals surface area contributed by atoms with Crippen molar-refractivity contribution in [1.82, 2.24) is 0 Å². The van der Waals surface area contributed by atoms with Gasteiger partial charge in [-0.25, -0.2) is 0 Å². The van der Waals surface area contributed by atoms with Gasteiger partial charge in [-0.05, 0) is 25.0 Å². The van der Waals surface area contributed by atoms with Gasteiger partial charge in [-0.1, -0.05) is 18.2 Å². The van der Waals surface area contributed by atoms with Crippen molar-refractivity contribution in [3.8, 4) is 5.75 Å². The number of esters is 1. The number of rotatable bonds is 4. The lowest BCUT2D eigenvalue weighted by molar-refractivity contribution is -0.145. The van der Waals surface area contributed by atoms with E-state index in [1.807, 2.05) is 24.3 Å². The minimum atomic E-state index is -0.870. The van der Waals surface area contributed by atoms with E-state index in [4.69, 9.17) is 15.2 Å². The summed E-state index contributed by atoms with van der Waals surface area (Å²) in [5, 5.41) is 0. The lowest BCUT2D eigenvalue weighted by Gasteiger charge is -2.12. The maximum Gasteiger partial charge on any atom is 0.326 e. The standard InChI is InChI=1S/C13H17NO3/c1-3-17-12(15)13(14)8-10(13)9-6-4-5-7-11(9)16-2/h4-7,10H,3,8,14H2,1-2H3. The molecular weight excluding hydrogens is 218 g/mol. The fraction of sp³-hybridized carbons (Fsp3) is 0.462. The molecule has 0 spiro atoms. The summed E-state index contributed by atoms with van der Waals surface area (Å²) in [6.45, 7) is 2.14. The molecular formula is C13H17NO3. The molecule has 0 bridgehead atoms. The molecule has 1 aromatic rings. The van der Waals surface area contributed by atoms with Crippen LogP contribution in [0.2, 0.25) is 0 Å². The van der Waals surface area contributed by atoms with E-state index in [9.17, 15) is 4.79 Å². The first kappa shape index (κ1) is 11.9. The Morgan fingerprint density at radius 1 is 1.53 bits per heavy atom. The van der Waals surface area contributed by atoms with Crippen LogP contribution in [0, 0.1) is 0 Å². The molecule has 0 amide bonds. The van der Waals surface area contributed by atoms with Gasteiger partial charge >= 0.3 is 5.97 Å². The number of nitrogens with two attached hydrogens (primary N) is 1. The summed E-state index contributed by atoms with van der Waals surface area (Å²) >= 11 is 0. The topological polar surface area (TPSA) is 61.5 Å². The minimum absolute atomic E-state index is 0.00213. The van der Waals surface area contributed by atoms with Gasteiger partial charge in [0.05, 0.1) is 13.7 Å². The molecule has 17 heavy (non-hydrogen) atoms. The summed E-state index contributed by atoms with van der Waals surface area (Å²) in [6, 6.07) is 7.63. The smallest absolute Gasteiger partial charge is 0.326 e. The predicted molar refractivity (Wildman–Crippen MR) is 63.9 cm³/mol. The molecule has 1 fully saturated rings. The Kier molecular flexibility index (Phi) is 3.07. The SMILES string of the molecule is CCOC(=O)C1(N)CC1c1ccccc1OC. The zero-order valence-electron chi connectivity index (χ0n) is 10.1. The van der Waals surface area contributed by atoms with Gasteiger partial charge in [0, 0.05) is 5.92 Å². The fourth-order valence-corrected chi connectivity index (χ4v) is 2.11. The second kappa shape index (κ2) is 4.37. The lowest BCUT2D eigenvalue weighted by atomic mass is 10.1. The number of carbonyl (C=O) groups is 1. The van der Waals surface area contributed by atoms with Gasteiger partial charge in [0.15, 0.2) is 0 Å². The molecule has 2 N–H and O–H groups in total. The van der Waals surface area contributed by atoms with E-state index >= 15 is 0 Å². The van der Waals surface area contributed by atoms with Crippen molar-refractivity contribution in [2.24, 2.45) is 5.73 Å². The highest BCUT2D eigenvalue weighted by atomic mass is 16.5. The monoisotopic (exact) mass is 235 g/mol. The van der Waals surface area contributed by atoms with Crippen LogP contribution < -0.4 is 10.5 Å². The summed E-state index contributed by atoms with van der Waals surface area (Å²) in [5.74, 6) is 0.447. The molecule has 0 aromatic heterocycles. The molecule has 0 saturated heterocycles. The van der Waals surface area contributed by atoms with E-state index in [-0.39, 0.29) is 11.9 Å².